The Kier molecular flexibility index (Phi) is 9.54. The van der Waals surface area contributed by atoms with Gasteiger partial charge in [0, 0.05) is 69.2 Å². The number of rotatable bonds is 9. The molecule has 36 heavy (non-hydrogen) atoms. The van der Waals surface area contributed by atoms with Crippen molar-refractivity contribution in [3.05, 3.63) is 30.3 Å². The zero-order valence-electron chi connectivity index (χ0n) is 21.4. The Morgan fingerprint density at radius 2 is 1.14 bits per heavy atom. The summed E-state index contributed by atoms with van der Waals surface area (Å²) in [5, 5.41) is 0.956. The largest absolute Gasteiger partial charge is 0.501 e. The molecule has 0 saturated carbocycles. The molecule has 0 radical (unpaired) electrons. The fourth-order valence-corrected chi connectivity index (χ4v) is 14.2. The van der Waals surface area contributed by atoms with E-state index >= 15 is 0 Å². The number of hydrogen-bond acceptors (Lipinski definition) is 8. The van der Waals surface area contributed by atoms with Crippen LogP contribution in [0.1, 0.15) is 32.1 Å². The van der Waals surface area contributed by atoms with Crippen LogP contribution in [0.5, 0.6) is 0 Å². The van der Waals surface area contributed by atoms with Crippen molar-refractivity contribution in [2.45, 2.75) is 44.2 Å². The molecular weight excluding hydrogens is 513 g/mol. The molecule has 0 aliphatic carbocycles. The Balaban J connectivity index is 1.22. The Bertz CT molecular complexity index is 778. The van der Waals surface area contributed by atoms with Gasteiger partial charge in [-0.3, -0.25) is 4.90 Å². The highest BCUT2D eigenvalue weighted by atomic mass is 31.2. The quantitative estimate of drug-likeness (QED) is 0.338. The number of fused-ring (bicyclic) bond motifs is 12. The van der Waals surface area contributed by atoms with E-state index in [0.717, 1.165) is 89.0 Å². The average molecular weight is 556 g/mol. The summed E-state index contributed by atoms with van der Waals surface area (Å²) in [5.41, 5.74) is 0. The van der Waals surface area contributed by atoms with Crippen LogP contribution in [0.3, 0.4) is 0 Å². The molecule has 6 fully saturated rings. The summed E-state index contributed by atoms with van der Waals surface area (Å²) in [5.74, 6) is 0.644. The van der Waals surface area contributed by atoms with Crippen LogP contribution in [0.2, 0.25) is 12.1 Å². The second-order valence-electron chi connectivity index (χ2n) is 10.4. The third-order valence-corrected chi connectivity index (χ3v) is 17.1. The predicted octanol–water partition coefficient (Wildman–Crippen LogP) is 3.58. The lowest BCUT2D eigenvalue weighted by atomic mass is 9.99. The minimum absolute atomic E-state index is 0.632. The Morgan fingerprint density at radius 3 is 1.61 bits per heavy atom. The minimum atomic E-state index is -2.72. The maximum absolute atomic E-state index is 14.5. The van der Waals surface area contributed by atoms with E-state index < -0.39 is 24.8 Å². The monoisotopic (exact) mass is 555 g/mol. The van der Waals surface area contributed by atoms with Crippen LogP contribution in [-0.2, 0) is 31.1 Å². The smallest absolute Gasteiger partial charge is 0.373 e. The lowest BCUT2D eigenvalue weighted by molar-refractivity contribution is -0.00831. The van der Waals surface area contributed by atoms with Crippen LogP contribution in [0.4, 0.5) is 0 Å². The van der Waals surface area contributed by atoms with Crippen molar-refractivity contribution >= 4 is 30.1 Å². The normalized spacial score (nSPS) is 35.0. The first-order valence-electron chi connectivity index (χ1n) is 13.8. The topological polar surface area (TPSA) is 75.7 Å². The van der Waals surface area contributed by atoms with E-state index in [0.29, 0.717) is 38.1 Å². The van der Waals surface area contributed by atoms with Crippen molar-refractivity contribution < 1.29 is 31.1 Å². The highest BCUT2D eigenvalue weighted by Gasteiger charge is 2.45. The first kappa shape index (κ1) is 27.2. The van der Waals surface area contributed by atoms with Gasteiger partial charge in [-0.15, -0.1) is 0 Å². The molecule has 6 aliphatic rings. The Hall–Kier alpha value is -0.396. The van der Waals surface area contributed by atoms with Crippen LogP contribution in [0.15, 0.2) is 30.3 Å². The zero-order valence-corrected chi connectivity index (χ0v) is 24.3. The summed E-state index contributed by atoms with van der Waals surface area (Å²) in [6, 6.07) is 11.5. The van der Waals surface area contributed by atoms with Gasteiger partial charge in [0.2, 0.25) is 0 Å². The fraction of sp³-hybridized carbons (Fsp3) is 0.760. The van der Waals surface area contributed by atoms with Crippen LogP contribution in [0.25, 0.3) is 0 Å². The second kappa shape index (κ2) is 12.6. The molecule has 0 spiro atoms. The Morgan fingerprint density at radius 1 is 0.694 bits per heavy atom. The van der Waals surface area contributed by atoms with Gasteiger partial charge in [-0.2, -0.15) is 0 Å². The van der Waals surface area contributed by atoms with E-state index in [1.165, 1.54) is 0 Å². The molecule has 1 atom stereocenters. The fourth-order valence-electron chi connectivity index (χ4n) is 5.76. The van der Waals surface area contributed by atoms with Gasteiger partial charge in [-0.1, -0.05) is 30.3 Å². The van der Waals surface area contributed by atoms with E-state index in [9.17, 15) is 4.57 Å². The lowest BCUT2D eigenvalue weighted by Gasteiger charge is -2.38. The van der Waals surface area contributed by atoms with E-state index in [1.807, 2.05) is 30.3 Å². The van der Waals surface area contributed by atoms with Crippen LogP contribution < -0.4 is 5.30 Å². The highest BCUT2D eigenvalue weighted by molar-refractivity contribution is 7.71. The summed E-state index contributed by atoms with van der Waals surface area (Å²) in [7, 11) is -8.03. The third-order valence-electron chi connectivity index (χ3n) is 7.96. The maximum Gasteiger partial charge on any atom is 0.501 e. The molecule has 0 amide bonds. The standard InChI is InChI=1S/C25H42NO7PSi2/c27-34(25-6-2-1-3-7-25,20-4-22-35-28-14-8-24(9-15-29-35)10-16-30-35)21-5-23-36-31-17-11-26(12-18-32-36)13-19-33-36/h1-3,6-7,24H,4-5,8-23H2. The molecule has 4 bridgehead atoms. The molecule has 6 aliphatic heterocycles. The minimum Gasteiger partial charge on any atom is -0.373 e. The second-order valence-corrected chi connectivity index (χ2v) is 19.1. The van der Waals surface area contributed by atoms with E-state index in [-0.39, 0.29) is 0 Å². The van der Waals surface area contributed by atoms with Gasteiger partial charge in [0.05, 0.1) is 19.8 Å². The van der Waals surface area contributed by atoms with Crippen LogP contribution >= 0.6 is 7.14 Å². The van der Waals surface area contributed by atoms with Crippen molar-refractivity contribution in [3.63, 3.8) is 0 Å². The van der Waals surface area contributed by atoms with Gasteiger partial charge in [-0.05, 0) is 38.0 Å². The van der Waals surface area contributed by atoms with Crippen LogP contribution in [-0.4, -0.2) is 94.1 Å². The SMILES string of the molecule is O=P(CCC[Si]12OCCC(CCO1)CCO2)(CCC[Si]12OCCN(CCO1)CCO2)c1ccccc1. The van der Waals surface area contributed by atoms with E-state index in [1.54, 1.807) is 0 Å². The van der Waals surface area contributed by atoms with E-state index in [4.69, 9.17) is 26.6 Å². The number of benzene rings is 1. The zero-order chi connectivity index (χ0) is 24.7. The molecule has 1 aromatic carbocycles. The Labute approximate surface area is 218 Å². The molecule has 6 saturated heterocycles. The predicted molar refractivity (Wildman–Crippen MR) is 143 cm³/mol. The number of nitrogens with zero attached hydrogens (tertiary/aromatic N) is 1. The molecule has 202 valence electrons. The van der Waals surface area contributed by atoms with Crippen molar-refractivity contribution in [3.8, 4) is 0 Å². The summed E-state index contributed by atoms with van der Waals surface area (Å²) >= 11 is 0. The van der Waals surface area contributed by atoms with Crippen molar-refractivity contribution in [2.75, 3.05) is 71.6 Å². The van der Waals surface area contributed by atoms with E-state index in [2.05, 4.69) is 4.90 Å². The van der Waals surface area contributed by atoms with Gasteiger partial charge < -0.3 is 31.1 Å². The summed E-state index contributed by atoms with van der Waals surface area (Å²) in [6.45, 7) is 6.91. The average Bonchev–Trinajstić information content (AvgIpc) is 2.80. The highest BCUT2D eigenvalue weighted by Crippen LogP contribution is 2.47. The molecule has 7 rings (SSSR count). The molecule has 11 heteroatoms. The van der Waals surface area contributed by atoms with Crippen molar-refractivity contribution in [1.29, 1.82) is 0 Å². The van der Waals surface area contributed by atoms with Gasteiger partial charge in [0.25, 0.3) is 0 Å². The first-order chi connectivity index (χ1) is 17.6. The van der Waals surface area contributed by atoms with Crippen molar-refractivity contribution in [2.24, 2.45) is 5.92 Å². The van der Waals surface area contributed by atoms with Crippen LogP contribution in [0, 0.1) is 5.92 Å². The molecule has 8 nitrogen and oxygen atoms in total. The van der Waals surface area contributed by atoms with Gasteiger partial charge in [0.1, 0.15) is 7.14 Å². The van der Waals surface area contributed by atoms with Gasteiger partial charge in [0.15, 0.2) is 0 Å². The molecule has 1 aromatic rings. The maximum atomic E-state index is 14.5. The summed E-state index contributed by atoms with van der Waals surface area (Å²) in [6.07, 6.45) is 6.11. The lowest BCUT2D eigenvalue weighted by Crippen LogP contribution is -2.55. The van der Waals surface area contributed by atoms with Crippen molar-refractivity contribution in [1.82, 2.24) is 4.90 Å². The first-order valence-corrected chi connectivity index (χ1v) is 19.7. The molecular formula is C25H42NO7PSi2. The molecule has 6 heterocycles. The summed E-state index contributed by atoms with van der Waals surface area (Å²) < 4.78 is 51.8. The third kappa shape index (κ3) is 6.97. The summed E-state index contributed by atoms with van der Waals surface area (Å²) in [4.78, 5) is 2.32. The molecule has 1 unspecified atom stereocenters. The van der Waals surface area contributed by atoms with Gasteiger partial charge >= 0.3 is 17.6 Å². The molecule has 0 aromatic heterocycles. The number of hydrogen-bond donors (Lipinski definition) is 0. The molecule has 0 N–H and O–H groups in total. The van der Waals surface area contributed by atoms with Gasteiger partial charge in [-0.25, -0.2) is 0 Å².